The van der Waals surface area contributed by atoms with Crippen molar-refractivity contribution in [3.63, 3.8) is 0 Å². The van der Waals surface area contributed by atoms with Gasteiger partial charge in [0, 0.05) is 5.56 Å². The van der Waals surface area contributed by atoms with Crippen LogP contribution in [0.15, 0.2) is 90.0 Å². The molecule has 5 heteroatoms. The van der Waals surface area contributed by atoms with Crippen LogP contribution in [-0.2, 0) is 4.74 Å². The minimum absolute atomic E-state index is 0.206. The lowest BCUT2D eigenvalue weighted by atomic mass is 10.1. The minimum Gasteiger partial charge on any atom is -0.487 e. The van der Waals surface area contributed by atoms with Crippen molar-refractivity contribution in [2.24, 2.45) is 5.10 Å². The van der Waals surface area contributed by atoms with Crippen LogP contribution in [0.25, 0.3) is 0 Å². The van der Waals surface area contributed by atoms with Gasteiger partial charge in [-0.1, -0.05) is 66.7 Å². The first-order chi connectivity index (χ1) is 14.2. The molecule has 0 fully saturated rings. The molecule has 0 aliphatic heterocycles. The van der Waals surface area contributed by atoms with E-state index in [0.29, 0.717) is 11.4 Å². The summed E-state index contributed by atoms with van der Waals surface area (Å²) in [5, 5.41) is 5.90. The average molecular weight is 388 g/mol. The lowest BCUT2D eigenvalue weighted by molar-refractivity contribution is 0.160. The highest BCUT2D eigenvalue weighted by molar-refractivity contribution is 6.04. The van der Waals surface area contributed by atoms with Gasteiger partial charge in [-0.05, 0) is 37.6 Å². The normalized spacial score (nSPS) is 11.0. The summed E-state index contributed by atoms with van der Waals surface area (Å²) in [6.45, 7) is 4.23. The van der Waals surface area contributed by atoms with Crippen molar-refractivity contribution in [2.45, 2.75) is 13.8 Å². The summed E-state index contributed by atoms with van der Waals surface area (Å²) in [6, 6.07) is 26.7. The molecule has 0 atom stereocenters. The summed E-state index contributed by atoms with van der Waals surface area (Å²) >= 11 is 0. The Kier molecular flexibility index (Phi) is 7.00. The van der Waals surface area contributed by atoms with Crippen LogP contribution in [0.2, 0.25) is 0 Å². The Bertz CT molecular complexity index is 956. The van der Waals surface area contributed by atoms with Gasteiger partial charge in [0.1, 0.15) is 18.1 Å². The highest BCUT2D eigenvalue weighted by atomic mass is 16.6. The van der Waals surface area contributed by atoms with E-state index in [0.717, 1.165) is 16.9 Å². The van der Waals surface area contributed by atoms with Crippen LogP contribution in [0, 0.1) is 6.92 Å². The Balaban J connectivity index is 1.97. The topological polar surface area (TPSA) is 51.1 Å². The highest BCUT2D eigenvalue weighted by Crippen LogP contribution is 2.19. The molecule has 1 amide bonds. The van der Waals surface area contributed by atoms with Gasteiger partial charge in [-0.15, -0.1) is 0 Å². The largest absolute Gasteiger partial charge is 0.487 e. The first kappa shape index (κ1) is 20.1. The van der Waals surface area contributed by atoms with Gasteiger partial charge in [-0.25, -0.2) is 4.79 Å². The number of nitrogens with zero attached hydrogens (tertiary/aromatic N) is 2. The number of hydrogen-bond donors (Lipinski definition) is 0. The molecule has 0 bridgehead atoms. The van der Waals surface area contributed by atoms with Gasteiger partial charge in [-0.3, -0.25) is 0 Å². The van der Waals surface area contributed by atoms with Crippen molar-refractivity contribution < 1.29 is 14.3 Å². The van der Waals surface area contributed by atoms with Crippen LogP contribution in [-0.4, -0.2) is 25.0 Å². The number of benzene rings is 3. The van der Waals surface area contributed by atoms with Crippen LogP contribution in [0.1, 0.15) is 18.1 Å². The molecule has 148 valence electrons. The van der Waals surface area contributed by atoms with E-state index in [1.165, 1.54) is 5.01 Å². The Morgan fingerprint density at radius 1 is 0.897 bits per heavy atom. The number of carbonyl (C=O) groups excluding carboxylic acids is 1. The Morgan fingerprint density at radius 2 is 1.52 bits per heavy atom. The van der Waals surface area contributed by atoms with Crippen molar-refractivity contribution in [3.05, 3.63) is 96.1 Å². The van der Waals surface area contributed by atoms with Gasteiger partial charge in [0.05, 0.1) is 12.3 Å². The second-order valence-electron chi connectivity index (χ2n) is 6.31. The van der Waals surface area contributed by atoms with E-state index in [4.69, 9.17) is 9.47 Å². The number of aryl methyl sites for hydroxylation is 1. The molecule has 0 saturated heterocycles. The van der Waals surface area contributed by atoms with Crippen molar-refractivity contribution >= 4 is 17.5 Å². The summed E-state index contributed by atoms with van der Waals surface area (Å²) in [6.07, 6.45) is -0.539. The number of amides is 1. The second-order valence-corrected chi connectivity index (χ2v) is 6.31. The quantitative estimate of drug-likeness (QED) is 0.400. The Labute approximate surface area is 171 Å². The molecule has 0 unspecified atom stereocenters. The van der Waals surface area contributed by atoms with Crippen LogP contribution >= 0.6 is 0 Å². The van der Waals surface area contributed by atoms with Crippen LogP contribution < -0.4 is 9.75 Å². The van der Waals surface area contributed by atoms with E-state index in [2.05, 4.69) is 5.10 Å². The van der Waals surface area contributed by atoms with Gasteiger partial charge >= 0.3 is 6.09 Å². The summed E-state index contributed by atoms with van der Waals surface area (Å²) < 4.78 is 11.2. The number of ether oxygens (including phenoxy) is 2. The lowest BCUT2D eigenvalue weighted by Gasteiger charge is -2.19. The molecule has 0 spiro atoms. The molecular weight excluding hydrogens is 364 g/mol. The maximum Gasteiger partial charge on any atom is 0.435 e. The van der Waals surface area contributed by atoms with E-state index in [1.54, 1.807) is 6.92 Å². The predicted molar refractivity (Wildman–Crippen MR) is 116 cm³/mol. The number of para-hydroxylation sites is 2. The van der Waals surface area contributed by atoms with E-state index in [1.807, 2.05) is 91.9 Å². The lowest BCUT2D eigenvalue weighted by Crippen LogP contribution is -2.29. The molecule has 3 aromatic rings. The molecule has 29 heavy (non-hydrogen) atoms. The van der Waals surface area contributed by atoms with Crippen molar-refractivity contribution in [1.29, 1.82) is 0 Å². The Hall–Kier alpha value is -3.60. The van der Waals surface area contributed by atoms with E-state index < -0.39 is 6.09 Å². The SMILES string of the molecule is CCOC(=O)N(/N=C(\COc1ccccc1C)c1ccccc1)c1ccccc1. The van der Waals surface area contributed by atoms with Crippen LogP contribution in [0.3, 0.4) is 0 Å². The summed E-state index contributed by atoms with van der Waals surface area (Å²) in [5.41, 5.74) is 3.14. The van der Waals surface area contributed by atoms with Gasteiger partial charge in [0.15, 0.2) is 0 Å². The number of hydrazone groups is 1. The minimum atomic E-state index is -0.539. The van der Waals surface area contributed by atoms with Gasteiger partial charge < -0.3 is 9.47 Å². The molecule has 0 saturated carbocycles. The fraction of sp³-hybridized carbons (Fsp3) is 0.167. The van der Waals surface area contributed by atoms with Crippen molar-refractivity contribution in [2.75, 3.05) is 18.2 Å². The van der Waals surface area contributed by atoms with Gasteiger partial charge in [0.25, 0.3) is 0 Å². The third-order valence-corrected chi connectivity index (χ3v) is 4.23. The zero-order chi connectivity index (χ0) is 20.5. The van der Waals surface area contributed by atoms with Crippen molar-refractivity contribution in [3.8, 4) is 5.75 Å². The summed E-state index contributed by atoms with van der Waals surface area (Å²) in [4.78, 5) is 12.6. The van der Waals surface area contributed by atoms with E-state index in [-0.39, 0.29) is 13.2 Å². The van der Waals surface area contributed by atoms with Crippen LogP contribution in [0.4, 0.5) is 10.5 Å². The van der Waals surface area contributed by atoms with Gasteiger partial charge in [-0.2, -0.15) is 10.1 Å². The molecular formula is C24H24N2O3. The second kappa shape index (κ2) is 10.1. The zero-order valence-corrected chi connectivity index (χ0v) is 16.6. The molecule has 0 N–H and O–H groups in total. The standard InChI is InChI=1S/C24H24N2O3/c1-3-28-24(27)26(21-15-8-5-9-16-21)25-22(20-13-6-4-7-14-20)18-29-23-17-11-10-12-19(23)2/h4-17H,3,18H2,1-2H3/b25-22+. The maximum atomic E-state index is 12.6. The molecule has 0 aliphatic rings. The molecule has 0 radical (unpaired) electrons. The van der Waals surface area contributed by atoms with E-state index >= 15 is 0 Å². The monoisotopic (exact) mass is 388 g/mol. The third-order valence-electron chi connectivity index (χ3n) is 4.23. The van der Waals surface area contributed by atoms with Gasteiger partial charge in [0.2, 0.25) is 0 Å². The predicted octanol–water partition coefficient (Wildman–Crippen LogP) is 5.44. The third kappa shape index (κ3) is 5.45. The molecule has 5 nitrogen and oxygen atoms in total. The van der Waals surface area contributed by atoms with E-state index in [9.17, 15) is 4.79 Å². The average Bonchev–Trinajstić information content (AvgIpc) is 2.76. The fourth-order valence-corrected chi connectivity index (χ4v) is 2.74. The van der Waals surface area contributed by atoms with Crippen LogP contribution in [0.5, 0.6) is 5.75 Å². The summed E-state index contributed by atoms with van der Waals surface area (Å²) in [7, 11) is 0. The molecule has 0 aliphatic carbocycles. The maximum absolute atomic E-state index is 12.6. The zero-order valence-electron chi connectivity index (χ0n) is 16.6. The molecule has 3 rings (SSSR count). The number of rotatable bonds is 7. The number of carbonyl (C=O) groups is 1. The summed E-state index contributed by atoms with van der Waals surface area (Å²) in [5.74, 6) is 0.776. The first-order valence-corrected chi connectivity index (χ1v) is 9.52. The smallest absolute Gasteiger partial charge is 0.435 e. The molecule has 0 aromatic heterocycles. The number of hydrogen-bond acceptors (Lipinski definition) is 4. The highest BCUT2D eigenvalue weighted by Gasteiger charge is 2.18. The van der Waals surface area contributed by atoms with Crippen molar-refractivity contribution in [1.82, 2.24) is 0 Å². The Morgan fingerprint density at radius 3 is 2.17 bits per heavy atom. The molecule has 3 aromatic carbocycles. The first-order valence-electron chi connectivity index (χ1n) is 9.52. The number of anilines is 1. The fourth-order valence-electron chi connectivity index (χ4n) is 2.74. The molecule has 0 heterocycles.